The van der Waals surface area contributed by atoms with Crippen molar-refractivity contribution in [3.63, 3.8) is 0 Å². The molecule has 0 fully saturated rings. The highest BCUT2D eigenvalue weighted by Crippen LogP contribution is 2.15. The summed E-state index contributed by atoms with van der Waals surface area (Å²) in [7, 11) is 1.85. The van der Waals surface area contributed by atoms with Gasteiger partial charge in [-0.1, -0.05) is 78.1 Å². The average Bonchev–Trinajstić information content (AvgIpc) is 2.49. The van der Waals surface area contributed by atoms with E-state index in [1.807, 2.05) is 7.11 Å². The predicted octanol–water partition coefficient (Wildman–Crippen LogP) is 5.86. The summed E-state index contributed by atoms with van der Waals surface area (Å²) < 4.78 is 5.53. The highest BCUT2D eigenvalue weighted by molar-refractivity contribution is 4.59. The minimum atomic E-state index is -0.0523. The van der Waals surface area contributed by atoms with Gasteiger partial charge in [0, 0.05) is 7.11 Å². The third-order valence-electron chi connectivity index (χ3n) is 4.42. The first-order valence-corrected chi connectivity index (χ1v) is 9.45. The Labute approximate surface area is 133 Å². The fourth-order valence-corrected chi connectivity index (χ4v) is 2.87. The molecule has 0 saturated carbocycles. The second kappa shape index (κ2) is 16.3. The van der Waals surface area contributed by atoms with Crippen LogP contribution in [0.15, 0.2) is 0 Å². The average molecular weight is 301 g/mol. The number of aliphatic hydroxyl groups excluding tert-OH is 1. The molecule has 0 bridgehead atoms. The molecule has 2 unspecified atom stereocenters. The van der Waals surface area contributed by atoms with Crippen LogP contribution in [0.3, 0.4) is 0 Å². The first-order valence-electron chi connectivity index (χ1n) is 9.45. The zero-order valence-electron chi connectivity index (χ0n) is 14.9. The van der Waals surface area contributed by atoms with E-state index in [0.717, 1.165) is 12.8 Å². The van der Waals surface area contributed by atoms with E-state index >= 15 is 0 Å². The van der Waals surface area contributed by atoms with Crippen LogP contribution in [0.1, 0.15) is 104 Å². The number of ether oxygens (including phenoxy) is 1. The van der Waals surface area contributed by atoms with Gasteiger partial charge in [0.1, 0.15) is 0 Å². The van der Waals surface area contributed by atoms with Crippen LogP contribution >= 0.6 is 0 Å². The Balaban J connectivity index is 3.31. The molecule has 0 amide bonds. The van der Waals surface area contributed by atoms with E-state index in [1.54, 1.807) is 0 Å². The molecule has 0 aromatic heterocycles. The monoisotopic (exact) mass is 300 g/mol. The van der Waals surface area contributed by atoms with Crippen molar-refractivity contribution >= 4 is 0 Å². The van der Waals surface area contributed by atoms with Gasteiger partial charge in [-0.3, -0.25) is 0 Å². The van der Waals surface area contributed by atoms with Crippen LogP contribution < -0.4 is 0 Å². The van der Waals surface area contributed by atoms with E-state index in [0.29, 0.717) is 6.10 Å². The summed E-state index contributed by atoms with van der Waals surface area (Å²) in [6.45, 7) is 4.45. The van der Waals surface area contributed by atoms with E-state index in [1.165, 1.54) is 77.0 Å². The fourth-order valence-electron chi connectivity index (χ4n) is 2.87. The molecule has 2 atom stereocenters. The SMILES string of the molecule is CCCCCC(O)CCCCCCCC(CCCC)OC. The van der Waals surface area contributed by atoms with Gasteiger partial charge in [-0.25, -0.2) is 0 Å². The zero-order chi connectivity index (χ0) is 15.8. The highest BCUT2D eigenvalue weighted by atomic mass is 16.5. The standard InChI is InChI=1S/C19H40O2/c1-4-6-11-14-18(20)15-12-9-8-10-13-17-19(21-3)16-7-5-2/h18-20H,4-17H2,1-3H3. The molecule has 0 aromatic rings. The van der Waals surface area contributed by atoms with E-state index in [9.17, 15) is 5.11 Å². The van der Waals surface area contributed by atoms with Crippen LogP contribution in [-0.2, 0) is 4.74 Å². The Morgan fingerprint density at radius 2 is 1.14 bits per heavy atom. The minimum absolute atomic E-state index is 0.0523. The van der Waals surface area contributed by atoms with Crippen molar-refractivity contribution in [1.82, 2.24) is 0 Å². The summed E-state index contributed by atoms with van der Waals surface area (Å²) in [5.41, 5.74) is 0. The first kappa shape index (κ1) is 20.9. The van der Waals surface area contributed by atoms with Gasteiger partial charge in [-0.05, 0) is 25.7 Å². The molecule has 0 aliphatic rings. The Morgan fingerprint density at radius 1 is 0.667 bits per heavy atom. The molecule has 0 radical (unpaired) electrons. The number of aliphatic hydroxyl groups is 1. The highest BCUT2D eigenvalue weighted by Gasteiger charge is 2.06. The summed E-state index contributed by atoms with van der Waals surface area (Å²) in [5, 5.41) is 9.85. The van der Waals surface area contributed by atoms with Crippen molar-refractivity contribution in [2.75, 3.05) is 7.11 Å². The molecule has 0 aliphatic heterocycles. The molecule has 0 saturated heterocycles. The van der Waals surface area contributed by atoms with Crippen LogP contribution in [0.25, 0.3) is 0 Å². The molecular formula is C19H40O2. The lowest BCUT2D eigenvalue weighted by Crippen LogP contribution is -2.10. The fraction of sp³-hybridized carbons (Fsp3) is 1.00. The van der Waals surface area contributed by atoms with Crippen molar-refractivity contribution < 1.29 is 9.84 Å². The van der Waals surface area contributed by atoms with E-state index < -0.39 is 0 Å². The second-order valence-corrected chi connectivity index (χ2v) is 6.49. The number of hydrogen-bond donors (Lipinski definition) is 1. The second-order valence-electron chi connectivity index (χ2n) is 6.49. The molecule has 0 heterocycles. The zero-order valence-corrected chi connectivity index (χ0v) is 14.9. The summed E-state index contributed by atoms with van der Waals surface area (Å²) >= 11 is 0. The van der Waals surface area contributed by atoms with Crippen LogP contribution in [0, 0.1) is 0 Å². The van der Waals surface area contributed by atoms with Crippen molar-refractivity contribution in [3.8, 4) is 0 Å². The van der Waals surface area contributed by atoms with Crippen LogP contribution in [-0.4, -0.2) is 24.4 Å². The summed E-state index contributed by atoms with van der Waals surface area (Å²) in [6, 6.07) is 0. The maximum absolute atomic E-state index is 9.85. The van der Waals surface area contributed by atoms with Crippen LogP contribution in [0.2, 0.25) is 0 Å². The molecule has 21 heavy (non-hydrogen) atoms. The van der Waals surface area contributed by atoms with Crippen molar-refractivity contribution in [2.24, 2.45) is 0 Å². The molecule has 0 rings (SSSR count). The summed E-state index contributed by atoms with van der Waals surface area (Å²) in [5.74, 6) is 0. The van der Waals surface area contributed by atoms with Gasteiger partial charge >= 0.3 is 0 Å². The van der Waals surface area contributed by atoms with Gasteiger partial charge in [-0.15, -0.1) is 0 Å². The predicted molar refractivity (Wildman–Crippen MR) is 92.8 cm³/mol. The molecule has 128 valence electrons. The maximum atomic E-state index is 9.85. The minimum Gasteiger partial charge on any atom is -0.393 e. The summed E-state index contributed by atoms with van der Waals surface area (Å²) in [6.07, 6.45) is 17.5. The van der Waals surface area contributed by atoms with E-state index in [2.05, 4.69) is 13.8 Å². The molecule has 2 heteroatoms. The smallest absolute Gasteiger partial charge is 0.0571 e. The van der Waals surface area contributed by atoms with Gasteiger partial charge in [0.2, 0.25) is 0 Å². The van der Waals surface area contributed by atoms with Gasteiger partial charge in [0.25, 0.3) is 0 Å². The Bertz CT molecular complexity index is 194. The van der Waals surface area contributed by atoms with Gasteiger partial charge < -0.3 is 9.84 Å². The Morgan fingerprint density at radius 3 is 1.71 bits per heavy atom. The topological polar surface area (TPSA) is 29.5 Å². The van der Waals surface area contributed by atoms with Crippen molar-refractivity contribution in [3.05, 3.63) is 0 Å². The van der Waals surface area contributed by atoms with Gasteiger partial charge in [0.15, 0.2) is 0 Å². The third kappa shape index (κ3) is 14.6. The molecule has 1 N–H and O–H groups in total. The molecule has 0 spiro atoms. The number of rotatable bonds is 16. The van der Waals surface area contributed by atoms with Gasteiger partial charge in [-0.2, -0.15) is 0 Å². The lowest BCUT2D eigenvalue weighted by molar-refractivity contribution is 0.0836. The van der Waals surface area contributed by atoms with Crippen LogP contribution in [0.5, 0.6) is 0 Å². The van der Waals surface area contributed by atoms with Crippen molar-refractivity contribution in [1.29, 1.82) is 0 Å². The van der Waals surface area contributed by atoms with E-state index in [-0.39, 0.29) is 6.10 Å². The van der Waals surface area contributed by atoms with Crippen molar-refractivity contribution in [2.45, 2.75) is 116 Å². The molecule has 0 aliphatic carbocycles. The lowest BCUT2D eigenvalue weighted by atomic mass is 10.0. The third-order valence-corrected chi connectivity index (χ3v) is 4.42. The number of unbranched alkanes of at least 4 members (excludes halogenated alkanes) is 7. The molecular weight excluding hydrogens is 260 g/mol. The molecule has 2 nitrogen and oxygen atoms in total. The Hall–Kier alpha value is -0.0800. The number of methoxy groups -OCH3 is 1. The lowest BCUT2D eigenvalue weighted by Gasteiger charge is -2.14. The Kier molecular flexibility index (Phi) is 16.2. The van der Waals surface area contributed by atoms with Crippen LogP contribution in [0.4, 0.5) is 0 Å². The normalized spacial score (nSPS) is 14.3. The van der Waals surface area contributed by atoms with Gasteiger partial charge in [0.05, 0.1) is 12.2 Å². The first-order chi connectivity index (χ1) is 10.2. The molecule has 0 aromatic carbocycles. The maximum Gasteiger partial charge on any atom is 0.0571 e. The number of hydrogen-bond acceptors (Lipinski definition) is 2. The quantitative estimate of drug-likeness (QED) is 0.362. The largest absolute Gasteiger partial charge is 0.393 e. The van der Waals surface area contributed by atoms with E-state index in [4.69, 9.17) is 4.74 Å². The summed E-state index contributed by atoms with van der Waals surface area (Å²) in [4.78, 5) is 0.